The molecule has 92 valence electrons. The van der Waals surface area contributed by atoms with Crippen LogP contribution < -0.4 is 0 Å². The lowest BCUT2D eigenvalue weighted by molar-refractivity contribution is 0.917. The van der Waals surface area contributed by atoms with Crippen molar-refractivity contribution in [3.8, 4) is 0 Å². The Kier molecular flexibility index (Phi) is 9.42. The summed E-state index contributed by atoms with van der Waals surface area (Å²) in [7, 11) is 0. The molecule has 0 amide bonds. The molecule has 0 spiro atoms. The minimum Gasteiger partial charge on any atom is -0.122 e. The van der Waals surface area contributed by atoms with Gasteiger partial charge in [-0.2, -0.15) is 0 Å². The van der Waals surface area contributed by atoms with Crippen molar-refractivity contribution in [3.63, 3.8) is 0 Å². The molecule has 0 aromatic carbocycles. The van der Waals surface area contributed by atoms with Crippen molar-refractivity contribution in [2.75, 3.05) is 5.88 Å². The SMILES string of the molecule is CC(C)=CCC/C(C)=C\CC/C(C)=C/CCl. The molecular formula is C15H25Cl. The van der Waals surface area contributed by atoms with E-state index in [1.54, 1.807) is 0 Å². The van der Waals surface area contributed by atoms with Crippen molar-refractivity contribution in [2.45, 2.75) is 53.4 Å². The normalized spacial score (nSPS) is 12.8. The number of alkyl halides is 1. The van der Waals surface area contributed by atoms with Gasteiger partial charge in [0.25, 0.3) is 0 Å². The highest BCUT2D eigenvalue weighted by molar-refractivity contribution is 6.18. The van der Waals surface area contributed by atoms with Crippen molar-refractivity contribution >= 4 is 11.6 Å². The number of halogens is 1. The van der Waals surface area contributed by atoms with Crippen LogP contribution in [0.1, 0.15) is 53.4 Å². The summed E-state index contributed by atoms with van der Waals surface area (Å²) in [6.07, 6.45) is 11.4. The number of rotatable bonds is 7. The number of hydrogen-bond donors (Lipinski definition) is 0. The highest BCUT2D eigenvalue weighted by Gasteiger charge is 1.91. The molecule has 0 bridgehead atoms. The second kappa shape index (κ2) is 9.72. The zero-order chi connectivity index (χ0) is 12.4. The largest absolute Gasteiger partial charge is 0.122 e. The van der Waals surface area contributed by atoms with Crippen molar-refractivity contribution in [3.05, 3.63) is 34.9 Å². The fourth-order valence-corrected chi connectivity index (χ4v) is 1.73. The molecule has 0 aliphatic carbocycles. The molecule has 0 unspecified atom stereocenters. The van der Waals surface area contributed by atoms with Crippen molar-refractivity contribution < 1.29 is 0 Å². The molecule has 0 radical (unpaired) electrons. The minimum atomic E-state index is 0.634. The molecule has 0 aromatic rings. The van der Waals surface area contributed by atoms with Gasteiger partial charge < -0.3 is 0 Å². The van der Waals surface area contributed by atoms with Gasteiger partial charge in [-0.1, -0.05) is 34.9 Å². The molecule has 0 saturated carbocycles. The van der Waals surface area contributed by atoms with E-state index in [0.29, 0.717) is 5.88 Å². The van der Waals surface area contributed by atoms with Crippen molar-refractivity contribution in [1.82, 2.24) is 0 Å². The monoisotopic (exact) mass is 240 g/mol. The highest BCUT2D eigenvalue weighted by atomic mass is 35.5. The second-order valence-electron chi connectivity index (χ2n) is 4.61. The fourth-order valence-electron chi connectivity index (χ4n) is 1.47. The Balaban J connectivity index is 3.79. The van der Waals surface area contributed by atoms with Crippen LogP contribution in [-0.4, -0.2) is 5.88 Å². The van der Waals surface area contributed by atoms with Gasteiger partial charge in [0, 0.05) is 5.88 Å². The predicted octanol–water partition coefficient (Wildman–Crippen LogP) is 5.64. The first-order valence-electron chi connectivity index (χ1n) is 6.07. The summed E-state index contributed by atoms with van der Waals surface area (Å²) < 4.78 is 0. The molecule has 0 aromatic heterocycles. The Labute approximate surface area is 106 Å². The quantitative estimate of drug-likeness (QED) is 0.399. The van der Waals surface area contributed by atoms with E-state index in [4.69, 9.17) is 11.6 Å². The molecule has 0 N–H and O–H groups in total. The predicted molar refractivity (Wildman–Crippen MR) is 76.1 cm³/mol. The Morgan fingerprint density at radius 2 is 1.31 bits per heavy atom. The van der Waals surface area contributed by atoms with Gasteiger partial charge in [0.15, 0.2) is 0 Å². The zero-order valence-corrected chi connectivity index (χ0v) is 11.9. The van der Waals surface area contributed by atoms with Crippen LogP contribution in [0.5, 0.6) is 0 Å². The minimum absolute atomic E-state index is 0.634. The molecule has 0 heterocycles. The van der Waals surface area contributed by atoms with Crippen LogP contribution in [0.15, 0.2) is 34.9 Å². The first kappa shape index (κ1) is 15.5. The molecule has 0 rings (SSSR count). The maximum absolute atomic E-state index is 5.64. The average molecular weight is 241 g/mol. The molecule has 0 aliphatic rings. The first-order chi connectivity index (χ1) is 7.56. The zero-order valence-electron chi connectivity index (χ0n) is 11.1. The van der Waals surface area contributed by atoms with E-state index in [-0.39, 0.29) is 0 Å². The van der Waals surface area contributed by atoms with Crippen molar-refractivity contribution in [2.24, 2.45) is 0 Å². The standard InChI is InChI=1S/C15H25Cl/c1-13(2)7-5-8-14(3)9-6-10-15(4)11-12-16/h7,9,11H,5-6,8,10,12H2,1-4H3/b14-9-,15-11+. The summed E-state index contributed by atoms with van der Waals surface area (Å²) >= 11 is 5.64. The topological polar surface area (TPSA) is 0 Å². The van der Waals surface area contributed by atoms with E-state index in [1.165, 1.54) is 29.6 Å². The van der Waals surface area contributed by atoms with Gasteiger partial charge in [-0.15, -0.1) is 11.6 Å². The smallest absolute Gasteiger partial charge is 0.0406 e. The fraction of sp³-hybridized carbons (Fsp3) is 0.600. The average Bonchev–Trinajstić information content (AvgIpc) is 2.17. The third-order valence-corrected chi connectivity index (χ3v) is 2.70. The van der Waals surface area contributed by atoms with Crippen LogP contribution in [0.3, 0.4) is 0 Å². The lowest BCUT2D eigenvalue weighted by Crippen LogP contribution is -1.81. The van der Waals surface area contributed by atoms with E-state index in [0.717, 1.165) is 12.8 Å². The Hall–Kier alpha value is -0.490. The van der Waals surface area contributed by atoms with Crippen LogP contribution in [0.25, 0.3) is 0 Å². The maximum Gasteiger partial charge on any atom is 0.0406 e. The third kappa shape index (κ3) is 10.0. The molecule has 0 fully saturated rings. The molecule has 0 atom stereocenters. The molecule has 0 nitrogen and oxygen atoms in total. The van der Waals surface area contributed by atoms with Gasteiger partial charge in [0.2, 0.25) is 0 Å². The summed E-state index contributed by atoms with van der Waals surface area (Å²) in [6.45, 7) is 8.67. The van der Waals surface area contributed by atoms with Gasteiger partial charge in [0.05, 0.1) is 0 Å². The summed E-state index contributed by atoms with van der Waals surface area (Å²) in [5, 5.41) is 0. The van der Waals surface area contributed by atoms with E-state index in [2.05, 4.69) is 45.9 Å². The third-order valence-electron chi connectivity index (χ3n) is 2.55. The van der Waals surface area contributed by atoms with Gasteiger partial charge in [-0.3, -0.25) is 0 Å². The summed E-state index contributed by atoms with van der Waals surface area (Å²) in [5.74, 6) is 0.634. The molecule has 0 saturated heterocycles. The Morgan fingerprint density at radius 1 is 0.812 bits per heavy atom. The lowest BCUT2D eigenvalue weighted by atomic mass is 10.1. The second-order valence-corrected chi connectivity index (χ2v) is 4.92. The van der Waals surface area contributed by atoms with E-state index in [9.17, 15) is 0 Å². The molecule has 0 aliphatic heterocycles. The van der Waals surface area contributed by atoms with Crippen molar-refractivity contribution in [1.29, 1.82) is 0 Å². The van der Waals surface area contributed by atoms with E-state index < -0.39 is 0 Å². The summed E-state index contributed by atoms with van der Waals surface area (Å²) in [6, 6.07) is 0. The van der Waals surface area contributed by atoms with Crippen LogP contribution in [0.4, 0.5) is 0 Å². The van der Waals surface area contributed by atoms with Gasteiger partial charge in [-0.05, 0) is 53.4 Å². The van der Waals surface area contributed by atoms with Crippen LogP contribution in [-0.2, 0) is 0 Å². The van der Waals surface area contributed by atoms with E-state index >= 15 is 0 Å². The summed E-state index contributed by atoms with van der Waals surface area (Å²) in [5.41, 5.74) is 4.30. The Bertz CT molecular complexity index is 265. The van der Waals surface area contributed by atoms with Gasteiger partial charge in [-0.25, -0.2) is 0 Å². The highest BCUT2D eigenvalue weighted by Crippen LogP contribution is 2.11. The van der Waals surface area contributed by atoms with Gasteiger partial charge >= 0.3 is 0 Å². The first-order valence-corrected chi connectivity index (χ1v) is 6.60. The summed E-state index contributed by atoms with van der Waals surface area (Å²) in [4.78, 5) is 0. The maximum atomic E-state index is 5.64. The molecule has 1 heteroatoms. The number of allylic oxidation sites excluding steroid dienone is 6. The van der Waals surface area contributed by atoms with Gasteiger partial charge in [0.1, 0.15) is 0 Å². The van der Waals surface area contributed by atoms with Crippen LogP contribution >= 0.6 is 11.6 Å². The molecular weight excluding hydrogens is 216 g/mol. The number of hydrogen-bond acceptors (Lipinski definition) is 0. The van der Waals surface area contributed by atoms with Crippen LogP contribution in [0, 0.1) is 0 Å². The Morgan fingerprint density at radius 3 is 1.81 bits per heavy atom. The van der Waals surface area contributed by atoms with E-state index in [1.807, 2.05) is 0 Å². The van der Waals surface area contributed by atoms with Crippen LogP contribution in [0.2, 0.25) is 0 Å². The lowest BCUT2D eigenvalue weighted by Gasteiger charge is -2.00. The molecule has 16 heavy (non-hydrogen) atoms.